The lowest BCUT2D eigenvalue weighted by atomic mass is 9.94. The summed E-state index contributed by atoms with van der Waals surface area (Å²) in [4.78, 5) is 12.9. The van der Waals surface area contributed by atoms with Gasteiger partial charge in [-0.1, -0.05) is 13.8 Å². The van der Waals surface area contributed by atoms with Crippen LogP contribution in [0.1, 0.15) is 26.7 Å². The fraction of sp³-hybridized carbons (Fsp3) is 0.900. The van der Waals surface area contributed by atoms with Gasteiger partial charge in [0.25, 0.3) is 0 Å². The molecule has 1 aliphatic rings. The molecule has 0 aromatic heterocycles. The Morgan fingerprint density at radius 2 is 2.31 bits per heavy atom. The normalized spacial score (nSPS) is 25.9. The maximum atomic E-state index is 10.7. The molecule has 1 atom stereocenters. The summed E-state index contributed by atoms with van der Waals surface area (Å²) >= 11 is 0. The summed E-state index contributed by atoms with van der Waals surface area (Å²) in [7, 11) is 0. The molecule has 0 bridgehead atoms. The molecule has 13 heavy (non-hydrogen) atoms. The lowest BCUT2D eigenvalue weighted by molar-refractivity contribution is -0.116. The maximum Gasteiger partial charge on any atom is 0.126 e. The SMILES string of the molecule is CC(C)(C=O)CN1CCCC(O)C1. The largest absolute Gasteiger partial charge is 0.392 e. The summed E-state index contributed by atoms with van der Waals surface area (Å²) < 4.78 is 0. The number of β-amino-alcohol motifs (C(OH)–C–C–N with tert-alkyl or cyclic N) is 1. The van der Waals surface area contributed by atoms with Gasteiger partial charge in [0.05, 0.1) is 6.10 Å². The maximum absolute atomic E-state index is 10.7. The van der Waals surface area contributed by atoms with Crippen molar-refractivity contribution in [1.82, 2.24) is 4.90 Å². The van der Waals surface area contributed by atoms with Crippen LogP contribution >= 0.6 is 0 Å². The van der Waals surface area contributed by atoms with Crippen molar-refractivity contribution in [2.45, 2.75) is 32.8 Å². The number of aliphatic hydroxyl groups excluding tert-OH is 1. The van der Waals surface area contributed by atoms with E-state index >= 15 is 0 Å². The van der Waals surface area contributed by atoms with Crippen molar-refractivity contribution < 1.29 is 9.90 Å². The number of hydrogen-bond acceptors (Lipinski definition) is 3. The summed E-state index contributed by atoms with van der Waals surface area (Å²) in [5.41, 5.74) is -0.281. The molecule has 0 aromatic carbocycles. The summed E-state index contributed by atoms with van der Waals surface area (Å²) in [6.45, 7) is 6.35. The first kappa shape index (κ1) is 10.7. The minimum atomic E-state index is -0.281. The van der Waals surface area contributed by atoms with Gasteiger partial charge in [-0.25, -0.2) is 0 Å². The molecule has 1 fully saturated rings. The fourth-order valence-electron chi connectivity index (χ4n) is 1.79. The molecule has 3 nitrogen and oxygen atoms in total. The van der Waals surface area contributed by atoms with Gasteiger partial charge < -0.3 is 9.90 Å². The number of aliphatic hydroxyl groups is 1. The molecule has 0 amide bonds. The molecule has 1 heterocycles. The van der Waals surface area contributed by atoms with E-state index in [0.29, 0.717) is 0 Å². The van der Waals surface area contributed by atoms with Gasteiger partial charge in [0.1, 0.15) is 6.29 Å². The summed E-state index contributed by atoms with van der Waals surface area (Å²) in [5.74, 6) is 0. The molecule has 1 aliphatic heterocycles. The number of piperidine rings is 1. The third kappa shape index (κ3) is 3.44. The van der Waals surface area contributed by atoms with Gasteiger partial charge in [0, 0.05) is 18.5 Å². The van der Waals surface area contributed by atoms with Crippen molar-refractivity contribution in [1.29, 1.82) is 0 Å². The van der Waals surface area contributed by atoms with E-state index in [1.165, 1.54) is 0 Å². The van der Waals surface area contributed by atoms with Crippen LogP contribution in [0.25, 0.3) is 0 Å². The van der Waals surface area contributed by atoms with Crippen LogP contribution in [0.4, 0.5) is 0 Å². The predicted octanol–water partition coefficient (Wildman–Crippen LogP) is 0.668. The third-order valence-electron chi connectivity index (χ3n) is 2.43. The van der Waals surface area contributed by atoms with Crippen LogP contribution in [0, 0.1) is 5.41 Å². The molecule has 1 saturated heterocycles. The van der Waals surface area contributed by atoms with Gasteiger partial charge in [0.15, 0.2) is 0 Å². The fourth-order valence-corrected chi connectivity index (χ4v) is 1.79. The van der Waals surface area contributed by atoms with Crippen LogP contribution in [0.5, 0.6) is 0 Å². The van der Waals surface area contributed by atoms with E-state index in [4.69, 9.17) is 0 Å². The molecule has 1 unspecified atom stereocenters. The van der Waals surface area contributed by atoms with E-state index in [9.17, 15) is 9.90 Å². The van der Waals surface area contributed by atoms with Crippen molar-refractivity contribution >= 4 is 6.29 Å². The minimum Gasteiger partial charge on any atom is -0.392 e. The van der Waals surface area contributed by atoms with E-state index in [1.807, 2.05) is 13.8 Å². The molecule has 0 saturated carbocycles. The van der Waals surface area contributed by atoms with Crippen molar-refractivity contribution in [3.05, 3.63) is 0 Å². The molecule has 0 spiro atoms. The molecule has 0 aliphatic carbocycles. The highest BCUT2D eigenvalue weighted by atomic mass is 16.3. The van der Waals surface area contributed by atoms with E-state index < -0.39 is 0 Å². The Bertz CT molecular complexity index is 180. The van der Waals surface area contributed by atoms with Crippen molar-refractivity contribution in [3.63, 3.8) is 0 Å². The highest BCUT2D eigenvalue weighted by molar-refractivity contribution is 5.58. The zero-order valence-corrected chi connectivity index (χ0v) is 8.49. The summed E-state index contributed by atoms with van der Waals surface area (Å²) in [6, 6.07) is 0. The van der Waals surface area contributed by atoms with Gasteiger partial charge >= 0.3 is 0 Å². The van der Waals surface area contributed by atoms with E-state index in [0.717, 1.165) is 38.8 Å². The topological polar surface area (TPSA) is 40.5 Å². The Labute approximate surface area is 79.7 Å². The number of hydrogen-bond donors (Lipinski definition) is 1. The first-order valence-corrected chi connectivity index (χ1v) is 4.90. The number of rotatable bonds is 3. The zero-order valence-electron chi connectivity index (χ0n) is 8.49. The van der Waals surface area contributed by atoms with Gasteiger partial charge in [-0.15, -0.1) is 0 Å². The third-order valence-corrected chi connectivity index (χ3v) is 2.43. The van der Waals surface area contributed by atoms with Gasteiger partial charge in [-0.2, -0.15) is 0 Å². The number of carbonyl (C=O) groups is 1. The average Bonchev–Trinajstić information content (AvgIpc) is 2.03. The van der Waals surface area contributed by atoms with Crippen LogP contribution in [0.15, 0.2) is 0 Å². The number of nitrogens with zero attached hydrogens (tertiary/aromatic N) is 1. The lowest BCUT2D eigenvalue weighted by Crippen LogP contribution is -2.43. The standard InChI is InChI=1S/C10H19NO2/c1-10(2,8-12)7-11-5-3-4-9(13)6-11/h8-9,13H,3-7H2,1-2H3. The first-order chi connectivity index (χ1) is 6.03. The molecule has 1 N–H and O–H groups in total. The van der Waals surface area contributed by atoms with Crippen LogP contribution in [-0.4, -0.2) is 42.0 Å². The van der Waals surface area contributed by atoms with Crippen LogP contribution in [-0.2, 0) is 4.79 Å². The molecular formula is C10H19NO2. The van der Waals surface area contributed by atoms with E-state index in [-0.39, 0.29) is 11.5 Å². The number of likely N-dealkylation sites (tertiary alicyclic amines) is 1. The zero-order chi connectivity index (χ0) is 9.90. The average molecular weight is 185 g/mol. The Hall–Kier alpha value is -0.410. The Kier molecular flexibility index (Phi) is 3.45. The Balaban J connectivity index is 2.39. The Morgan fingerprint density at radius 3 is 2.85 bits per heavy atom. The smallest absolute Gasteiger partial charge is 0.126 e. The first-order valence-electron chi connectivity index (χ1n) is 4.90. The number of carbonyl (C=O) groups excluding carboxylic acids is 1. The highest BCUT2D eigenvalue weighted by Crippen LogP contribution is 2.17. The van der Waals surface area contributed by atoms with Gasteiger partial charge in [-0.3, -0.25) is 4.90 Å². The summed E-state index contributed by atoms with van der Waals surface area (Å²) in [6.07, 6.45) is 2.73. The molecule has 76 valence electrons. The molecule has 0 radical (unpaired) electrons. The second-order valence-corrected chi connectivity index (χ2v) is 4.64. The summed E-state index contributed by atoms with van der Waals surface area (Å²) in [5, 5.41) is 9.42. The van der Waals surface area contributed by atoms with Crippen molar-refractivity contribution in [2.75, 3.05) is 19.6 Å². The van der Waals surface area contributed by atoms with Crippen molar-refractivity contribution in [3.8, 4) is 0 Å². The van der Waals surface area contributed by atoms with Crippen LogP contribution in [0.3, 0.4) is 0 Å². The minimum absolute atomic E-state index is 0.198. The second kappa shape index (κ2) is 4.20. The quantitative estimate of drug-likeness (QED) is 0.657. The molecule has 1 rings (SSSR count). The molecule has 0 aromatic rings. The second-order valence-electron chi connectivity index (χ2n) is 4.64. The van der Waals surface area contributed by atoms with Crippen LogP contribution < -0.4 is 0 Å². The van der Waals surface area contributed by atoms with Gasteiger partial charge in [-0.05, 0) is 19.4 Å². The monoisotopic (exact) mass is 185 g/mol. The van der Waals surface area contributed by atoms with Gasteiger partial charge in [0.2, 0.25) is 0 Å². The van der Waals surface area contributed by atoms with Crippen LogP contribution in [0.2, 0.25) is 0 Å². The number of aldehydes is 1. The molecular weight excluding hydrogens is 166 g/mol. The highest BCUT2D eigenvalue weighted by Gasteiger charge is 2.24. The Morgan fingerprint density at radius 1 is 1.62 bits per heavy atom. The molecule has 3 heteroatoms. The predicted molar refractivity (Wildman–Crippen MR) is 51.5 cm³/mol. The van der Waals surface area contributed by atoms with E-state index in [1.54, 1.807) is 0 Å². The van der Waals surface area contributed by atoms with Crippen molar-refractivity contribution in [2.24, 2.45) is 5.41 Å². The van der Waals surface area contributed by atoms with E-state index in [2.05, 4.69) is 4.90 Å². The lowest BCUT2D eigenvalue weighted by Gasteiger charge is -2.34.